The molecule has 338 valence electrons. The number of anilines is 3. The highest BCUT2D eigenvalue weighted by Gasteiger charge is 2.66. The number of carbonyl (C=O) groups excluding carboxylic acids is 4. The van der Waals surface area contributed by atoms with E-state index < -0.39 is 25.7 Å². The first-order chi connectivity index (χ1) is 31.3. The Labute approximate surface area is 380 Å². The molecule has 0 aromatic heterocycles. The van der Waals surface area contributed by atoms with Crippen molar-refractivity contribution < 1.29 is 43.2 Å². The molecule has 3 heterocycles. The number of aliphatic hydroxyl groups is 1. The number of benzene rings is 5. The van der Waals surface area contributed by atoms with Crippen LogP contribution in [0.3, 0.4) is 0 Å². The van der Waals surface area contributed by atoms with Crippen LogP contribution >= 0.6 is 0 Å². The molecule has 0 bridgehead atoms. The molecule has 3 aliphatic rings. The minimum Gasteiger partial charge on any atom is -0.497 e. The summed E-state index contributed by atoms with van der Waals surface area (Å²) in [6.07, 6.45) is 0.900. The Morgan fingerprint density at radius 1 is 0.785 bits per heavy atom. The van der Waals surface area contributed by atoms with Crippen LogP contribution in [0, 0.1) is 5.92 Å². The molecule has 0 aliphatic carbocycles. The molecule has 8 rings (SSSR count). The van der Waals surface area contributed by atoms with Crippen molar-refractivity contribution in [3.63, 3.8) is 0 Å². The summed E-state index contributed by atoms with van der Waals surface area (Å²) in [4.78, 5) is 60.4. The van der Waals surface area contributed by atoms with Crippen LogP contribution < -0.4 is 34.9 Å². The molecule has 0 saturated carbocycles. The molecule has 2 fully saturated rings. The molecule has 3 aliphatic heterocycles. The van der Waals surface area contributed by atoms with E-state index in [0.29, 0.717) is 51.8 Å². The van der Waals surface area contributed by atoms with Crippen LogP contribution in [0.2, 0.25) is 18.6 Å². The zero-order chi connectivity index (χ0) is 46.0. The molecule has 5 atom stereocenters. The van der Waals surface area contributed by atoms with Gasteiger partial charge in [-0.05, 0) is 115 Å². The largest absolute Gasteiger partial charge is 0.497 e. The molecule has 4 amide bonds. The van der Waals surface area contributed by atoms with Gasteiger partial charge in [0.2, 0.25) is 5.91 Å². The van der Waals surface area contributed by atoms with Crippen LogP contribution in [-0.2, 0) is 26.5 Å². The van der Waals surface area contributed by atoms with Gasteiger partial charge in [-0.3, -0.25) is 19.2 Å². The van der Waals surface area contributed by atoms with E-state index in [9.17, 15) is 19.5 Å². The lowest BCUT2D eigenvalue weighted by Crippen LogP contribution is -2.52. The van der Waals surface area contributed by atoms with Gasteiger partial charge < -0.3 is 44.5 Å². The topological polar surface area (TPSA) is 156 Å². The smallest absolute Gasteiger partial charge is 0.264 e. The van der Waals surface area contributed by atoms with Crippen molar-refractivity contribution in [2.45, 2.75) is 69.1 Å². The number of likely N-dealkylation sites (tertiary alicyclic amines) is 1. The highest BCUT2D eigenvalue weighted by Crippen LogP contribution is 2.60. The van der Waals surface area contributed by atoms with Crippen LogP contribution in [0.15, 0.2) is 115 Å². The Morgan fingerprint density at radius 3 is 1.92 bits per heavy atom. The van der Waals surface area contributed by atoms with Gasteiger partial charge in [0, 0.05) is 40.5 Å². The molecule has 5 aromatic carbocycles. The Morgan fingerprint density at radius 2 is 1.35 bits per heavy atom. The van der Waals surface area contributed by atoms with Crippen LogP contribution in [0.5, 0.6) is 17.2 Å². The van der Waals surface area contributed by atoms with Crippen LogP contribution in [0.25, 0.3) is 0 Å². The van der Waals surface area contributed by atoms with Gasteiger partial charge in [0.05, 0.1) is 66.8 Å². The van der Waals surface area contributed by atoms with Crippen molar-refractivity contribution in [3.8, 4) is 17.2 Å². The van der Waals surface area contributed by atoms with Gasteiger partial charge in [0.1, 0.15) is 17.2 Å². The van der Waals surface area contributed by atoms with Crippen molar-refractivity contribution in [3.05, 3.63) is 138 Å². The average Bonchev–Trinajstić information content (AvgIpc) is 3.99. The maximum atomic E-state index is 15.7. The van der Waals surface area contributed by atoms with Crippen LogP contribution in [0.4, 0.5) is 17.1 Å². The Balaban J connectivity index is 1.19. The maximum absolute atomic E-state index is 15.7. The lowest BCUT2D eigenvalue weighted by atomic mass is 9.82. The summed E-state index contributed by atoms with van der Waals surface area (Å²) in [7, 11) is 2.13. The fourth-order valence-electron chi connectivity index (χ4n) is 10.2. The lowest BCUT2D eigenvalue weighted by Gasteiger charge is -2.37. The summed E-state index contributed by atoms with van der Waals surface area (Å²) in [5.41, 5.74) is 2.12. The van der Waals surface area contributed by atoms with E-state index in [1.54, 1.807) is 91.8 Å². The monoisotopic (exact) mass is 896 g/mol. The number of amides is 4. The zero-order valence-electron chi connectivity index (χ0n) is 37.6. The summed E-state index contributed by atoms with van der Waals surface area (Å²) in [5, 5.41) is 17.3. The Kier molecular flexibility index (Phi) is 12.9. The van der Waals surface area contributed by atoms with E-state index in [-0.39, 0.29) is 54.8 Å². The van der Waals surface area contributed by atoms with Crippen molar-refractivity contribution in [1.29, 1.82) is 0 Å². The van der Waals surface area contributed by atoms with Gasteiger partial charge in [-0.1, -0.05) is 49.5 Å². The minimum atomic E-state index is -2.63. The average molecular weight is 897 g/mol. The van der Waals surface area contributed by atoms with Gasteiger partial charge in [-0.25, -0.2) is 0 Å². The zero-order valence-corrected chi connectivity index (χ0v) is 38.6. The second-order valence-electron chi connectivity index (χ2n) is 17.6. The number of nitrogens with one attached hydrogen (secondary N) is 2. The number of rotatable bonds is 14. The fourth-order valence-corrected chi connectivity index (χ4v) is 14.2. The molecule has 1 spiro atoms. The Hall–Kier alpha value is -6.48. The highest BCUT2D eigenvalue weighted by atomic mass is 28.3. The van der Waals surface area contributed by atoms with Crippen LogP contribution in [-0.4, -0.2) is 88.3 Å². The fraction of sp³-hybridized carbons (Fsp3) is 0.333. The molecule has 14 heteroatoms. The van der Waals surface area contributed by atoms with Crippen LogP contribution in [0.1, 0.15) is 58.0 Å². The van der Waals surface area contributed by atoms with Gasteiger partial charge >= 0.3 is 0 Å². The number of fused-ring (bicyclic) bond motifs is 2. The highest BCUT2D eigenvalue weighted by molar-refractivity contribution is 6.91. The molecule has 0 radical (unpaired) electrons. The summed E-state index contributed by atoms with van der Waals surface area (Å²) < 4.78 is 23.4. The standard InChI is InChI=1S/C51H56N4O9Si/c1-32-47(65(5,6)42-23-21-41(63-4)22-24-42)45(29-46(57)54-26-8-11-38(54)31-56)64-51(32)43-28-37(53-49(59)35-14-19-40(62-3)20-15-35)16-25-44(43)55(50(51)60)30-33-9-7-10-36(27-33)52-48(58)34-12-17-39(61-2)18-13-34/h7,9-10,12-25,27-28,32,38,45,47,56H,8,11,26,29-31H2,1-6H3,(H,52,58)(H,53,59)/t32-,38-,45+,47-,51+/m0/s1. The second-order valence-corrected chi connectivity index (χ2v) is 22.3. The molecule has 3 N–H and O–H groups in total. The summed E-state index contributed by atoms with van der Waals surface area (Å²) in [6.45, 7) is 7.16. The summed E-state index contributed by atoms with van der Waals surface area (Å²) >= 11 is 0. The number of methoxy groups -OCH3 is 3. The number of hydrogen-bond acceptors (Lipinski definition) is 9. The number of carbonyl (C=O) groups is 4. The van der Waals surface area contributed by atoms with Crippen molar-refractivity contribution in [2.24, 2.45) is 5.92 Å². The molecule has 5 aromatic rings. The van der Waals surface area contributed by atoms with E-state index in [1.807, 2.05) is 42.5 Å². The van der Waals surface area contributed by atoms with Crippen molar-refractivity contribution in [2.75, 3.05) is 50.0 Å². The molecule has 13 nitrogen and oxygen atoms in total. The van der Waals surface area contributed by atoms with E-state index in [2.05, 4.69) is 42.8 Å². The third-order valence-electron chi connectivity index (χ3n) is 13.6. The van der Waals surface area contributed by atoms with Gasteiger partial charge in [-0.2, -0.15) is 0 Å². The first-order valence-electron chi connectivity index (χ1n) is 22.0. The minimum absolute atomic E-state index is 0.0340. The lowest BCUT2D eigenvalue weighted by molar-refractivity contribution is -0.150. The van der Waals surface area contributed by atoms with Gasteiger partial charge in [0.25, 0.3) is 17.7 Å². The number of hydrogen-bond donors (Lipinski definition) is 3. The summed E-state index contributed by atoms with van der Waals surface area (Å²) in [6, 6.07) is 34.3. The number of aliphatic hydroxyl groups excluding tert-OH is 1. The predicted molar refractivity (Wildman–Crippen MR) is 252 cm³/mol. The predicted octanol–water partition coefficient (Wildman–Crippen LogP) is 7.35. The van der Waals surface area contributed by atoms with E-state index in [0.717, 1.165) is 29.3 Å². The Bertz CT molecular complexity index is 2570. The number of ether oxygens (including phenoxy) is 4. The normalized spacial score (nSPS) is 21.3. The number of nitrogens with zero attached hydrogens (tertiary/aromatic N) is 2. The SMILES string of the molecule is COc1ccc(C(=O)Nc2cccc(CN3C(=O)[C@]4(O[C@H](CC(=O)N5CCC[C@H]5CO)[C@@H]([Si](C)(C)c5ccc(OC)cc5)[C@@H]4C)c4cc(NC(=O)c5ccc(OC)cc5)ccc43)c2)cc1. The van der Waals surface area contributed by atoms with Gasteiger partial charge in [-0.15, -0.1) is 0 Å². The van der Waals surface area contributed by atoms with Crippen molar-refractivity contribution in [1.82, 2.24) is 4.90 Å². The van der Waals surface area contributed by atoms with E-state index in [4.69, 9.17) is 18.9 Å². The third kappa shape index (κ3) is 8.61. The van der Waals surface area contributed by atoms with Gasteiger partial charge in [0.15, 0.2) is 5.60 Å². The third-order valence-corrected chi connectivity index (χ3v) is 18.0. The molecular weight excluding hydrogens is 841 g/mol. The molecule has 2 saturated heterocycles. The molecule has 0 unspecified atom stereocenters. The van der Waals surface area contributed by atoms with Crippen molar-refractivity contribution >= 4 is 54.0 Å². The summed E-state index contributed by atoms with van der Waals surface area (Å²) in [5.74, 6) is 0.533. The van der Waals surface area contributed by atoms with E-state index >= 15 is 4.79 Å². The second kappa shape index (κ2) is 18.6. The first-order valence-corrected chi connectivity index (χ1v) is 25.1. The maximum Gasteiger partial charge on any atom is 0.264 e. The quantitative estimate of drug-likeness (QED) is 0.0971. The molecular formula is C51H56N4O9Si. The molecule has 65 heavy (non-hydrogen) atoms. The van der Waals surface area contributed by atoms with E-state index in [1.165, 1.54) is 0 Å². The first kappa shape index (κ1) is 45.1.